The Labute approximate surface area is 104 Å². The summed E-state index contributed by atoms with van der Waals surface area (Å²) < 4.78 is 13.0. The van der Waals surface area contributed by atoms with E-state index in [9.17, 15) is 4.39 Å². The predicted molar refractivity (Wildman–Crippen MR) is 76.6 cm³/mol. The van der Waals surface area contributed by atoms with E-state index >= 15 is 0 Å². The van der Waals surface area contributed by atoms with E-state index in [0.717, 1.165) is 10.5 Å². The van der Waals surface area contributed by atoms with E-state index in [1.807, 2.05) is 30.3 Å². The molecule has 0 aromatic heterocycles. The molecule has 0 fully saturated rings. The summed E-state index contributed by atoms with van der Waals surface area (Å²) in [5.74, 6) is 3.52. The molecular weight excluding hydrogens is 233 g/mol. The molecule has 1 unspecified atom stereocenters. The van der Waals surface area contributed by atoms with Crippen molar-refractivity contribution in [3.63, 3.8) is 0 Å². The molecule has 0 spiro atoms. The van der Waals surface area contributed by atoms with E-state index in [2.05, 4.69) is 5.87 Å². The van der Waals surface area contributed by atoms with Gasteiger partial charge in [-0.2, -0.15) is 0 Å². The smallest absolute Gasteiger partial charge is 0.122 e. The third-order valence-electron chi connectivity index (χ3n) is 2.03. The van der Waals surface area contributed by atoms with Crippen molar-refractivity contribution in [2.24, 2.45) is 5.14 Å². The molecule has 0 radical (unpaired) electrons. The van der Waals surface area contributed by atoms with E-state index in [0.29, 0.717) is 0 Å². The second-order valence-corrected chi connectivity index (χ2v) is 4.74. The van der Waals surface area contributed by atoms with Gasteiger partial charge in [0.25, 0.3) is 0 Å². The van der Waals surface area contributed by atoms with Gasteiger partial charge in [-0.15, -0.1) is 0 Å². The Morgan fingerprint density at radius 3 is 2.88 bits per heavy atom. The van der Waals surface area contributed by atoms with Gasteiger partial charge in [-0.3, -0.25) is 5.14 Å². The maximum Gasteiger partial charge on any atom is 0.122 e. The molecule has 0 aliphatic heterocycles. The van der Waals surface area contributed by atoms with Crippen molar-refractivity contribution in [1.82, 2.24) is 0 Å². The zero-order valence-corrected chi connectivity index (χ0v) is 10.6. The molecule has 1 nitrogen and oxygen atoms in total. The monoisotopic (exact) mass is 249 g/mol. The summed E-state index contributed by atoms with van der Waals surface area (Å²) in [6.45, 7) is 1.77. The largest absolute Gasteiger partial charge is 0.280 e. The molecule has 1 aromatic rings. The third-order valence-corrected chi connectivity index (χ3v) is 2.89. The Hall–Kier alpha value is -1.45. The summed E-state index contributed by atoms with van der Waals surface area (Å²) in [7, 11) is -0.491. The lowest BCUT2D eigenvalue weighted by molar-refractivity contribution is 0.667. The van der Waals surface area contributed by atoms with Gasteiger partial charge >= 0.3 is 0 Å². The van der Waals surface area contributed by atoms with Crippen molar-refractivity contribution >= 4 is 22.6 Å². The molecule has 0 amide bonds. The summed E-state index contributed by atoms with van der Waals surface area (Å²) >= 11 is 0. The SMILES string of the molecule is C=S(N)c1cccc(/C=C/C=C(F)\C=C/C)c1. The first kappa shape index (κ1) is 13.6. The first-order chi connectivity index (χ1) is 8.13. The second kappa shape index (κ2) is 6.99. The first-order valence-electron chi connectivity index (χ1n) is 5.18. The molecule has 0 heterocycles. The van der Waals surface area contributed by atoms with Gasteiger partial charge in [-0.05, 0) is 36.8 Å². The molecule has 2 N–H and O–H groups in total. The van der Waals surface area contributed by atoms with Crippen molar-refractivity contribution in [1.29, 1.82) is 0 Å². The summed E-state index contributed by atoms with van der Waals surface area (Å²) in [5.41, 5.74) is 0.985. The van der Waals surface area contributed by atoms with Crippen LogP contribution in [-0.4, -0.2) is 5.87 Å². The van der Waals surface area contributed by atoms with Crippen LogP contribution in [0.1, 0.15) is 12.5 Å². The highest BCUT2D eigenvalue weighted by Gasteiger charge is 1.92. The van der Waals surface area contributed by atoms with Gasteiger partial charge in [-0.25, -0.2) is 4.39 Å². The third kappa shape index (κ3) is 4.93. The van der Waals surface area contributed by atoms with Gasteiger partial charge in [0.2, 0.25) is 0 Å². The number of rotatable bonds is 4. The fourth-order valence-corrected chi connectivity index (χ4v) is 1.79. The topological polar surface area (TPSA) is 26.0 Å². The molecule has 0 bridgehead atoms. The maximum atomic E-state index is 13.0. The molecule has 1 atom stereocenters. The van der Waals surface area contributed by atoms with Crippen LogP contribution >= 0.6 is 10.7 Å². The number of hydrogen-bond donors (Lipinski definition) is 1. The Bertz CT molecular complexity index is 487. The molecule has 0 saturated heterocycles. The quantitative estimate of drug-likeness (QED) is 0.632. The van der Waals surface area contributed by atoms with E-state index in [1.54, 1.807) is 19.1 Å². The number of nitrogens with two attached hydrogens (primary N) is 1. The minimum atomic E-state index is -0.491. The van der Waals surface area contributed by atoms with E-state index in [-0.39, 0.29) is 5.83 Å². The van der Waals surface area contributed by atoms with Crippen LogP contribution < -0.4 is 5.14 Å². The van der Waals surface area contributed by atoms with Crippen molar-refractivity contribution in [3.05, 3.63) is 60.0 Å². The molecular formula is C14H16FNS. The normalized spacial score (nSPS) is 14.6. The molecule has 0 saturated carbocycles. The number of allylic oxidation sites excluding steroid dienone is 5. The minimum absolute atomic E-state index is 0.268. The van der Waals surface area contributed by atoms with Gasteiger partial charge in [0, 0.05) is 4.90 Å². The van der Waals surface area contributed by atoms with Crippen molar-refractivity contribution in [3.8, 4) is 0 Å². The first-order valence-corrected chi connectivity index (χ1v) is 6.64. The highest BCUT2D eigenvalue weighted by molar-refractivity contribution is 8.12. The Kier molecular flexibility index (Phi) is 5.60. The second-order valence-electron chi connectivity index (χ2n) is 3.41. The molecule has 0 aliphatic carbocycles. The lowest BCUT2D eigenvalue weighted by Gasteiger charge is -2.01. The van der Waals surface area contributed by atoms with Crippen LogP contribution in [-0.2, 0) is 0 Å². The highest BCUT2D eigenvalue weighted by Crippen LogP contribution is 2.18. The average Bonchev–Trinajstić information content (AvgIpc) is 2.30. The van der Waals surface area contributed by atoms with E-state index < -0.39 is 10.7 Å². The van der Waals surface area contributed by atoms with Gasteiger partial charge < -0.3 is 0 Å². The van der Waals surface area contributed by atoms with Crippen LogP contribution in [0.2, 0.25) is 0 Å². The average molecular weight is 249 g/mol. The number of halogens is 1. The van der Waals surface area contributed by atoms with Crippen LogP contribution in [0.3, 0.4) is 0 Å². The molecule has 0 aliphatic rings. The van der Waals surface area contributed by atoms with Gasteiger partial charge in [0.1, 0.15) is 5.83 Å². The Morgan fingerprint density at radius 2 is 2.24 bits per heavy atom. The van der Waals surface area contributed by atoms with E-state index in [1.165, 1.54) is 12.2 Å². The van der Waals surface area contributed by atoms with Crippen LogP contribution in [0.5, 0.6) is 0 Å². The fourth-order valence-electron chi connectivity index (χ4n) is 1.25. The molecule has 3 heteroatoms. The van der Waals surface area contributed by atoms with E-state index in [4.69, 9.17) is 5.14 Å². The van der Waals surface area contributed by atoms with Crippen LogP contribution in [0, 0.1) is 0 Å². The van der Waals surface area contributed by atoms with Crippen LogP contribution in [0.15, 0.2) is 59.3 Å². The summed E-state index contributed by atoms with van der Waals surface area (Å²) in [4.78, 5) is 0.991. The Morgan fingerprint density at radius 1 is 1.47 bits per heavy atom. The lowest BCUT2D eigenvalue weighted by Crippen LogP contribution is -1.85. The highest BCUT2D eigenvalue weighted by atomic mass is 32.2. The van der Waals surface area contributed by atoms with Gasteiger partial charge in [0.05, 0.1) is 0 Å². The zero-order chi connectivity index (χ0) is 12.7. The summed E-state index contributed by atoms with van der Waals surface area (Å²) in [6.07, 6.45) is 7.99. The van der Waals surface area contributed by atoms with Crippen molar-refractivity contribution in [2.45, 2.75) is 11.8 Å². The lowest BCUT2D eigenvalue weighted by atomic mass is 10.2. The van der Waals surface area contributed by atoms with Gasteiger partial charge in [-0.1, -0.05) is 46.9 Å². The standard InChI is InChI=1S/C14H16FNS/c1-3-6-13(15)9-4-7-12-8-5-10-14(11-12)17(2)16/h3-11H,2,16H2,1H3/b6-3-,7-4+,13-9+. The molecule has 90 valence electrons. The number of benzene rings is 1. The van der Waals surface area contributed by atoms with Crippen molar-refractivity contribution in [2.75, 3.05) is 0 Å². The number of hydrogen-bond acceptors (Lipinski definition) is 1. The fraction of sp³-hybridized carbons (Fsp3) is 0.0714. The zero-order valence-electron chi connectivity index (χ0n) is 9.77. The maximum absolute atomic E-state index is 13.0. The summed E-state index contributed by atoms with van der Waals surface area (Å²) in [5, 5.41) is 5.71. The van der Waals surface area contributed by atoms with Crippen LogP contribution in [0.4, 0.5) is 4.39 Å². The molecule has 1 aromatic carbocycles. The summed E-state index contributed by atoms with van der Waals surface area (Å²) in [6, 6.07) is 7.74. The van der Waals surface area contributed by atoms with Gasteiger partial charge in [0.15, 0.2) is 0 Å². The van der Waals surface area contributed by atoms with Crippen molar-refractivity contribution < 1.29 is 4.39 Å². The minimum Gasteiger partial charge on any atom is -0.280 e. The Balaban J connectivity index is 2.82. The molecule has 17 heavy (non-hydrogen) atoms. The molecule has 1 rings (SSSR count). The van der Waals surface area contributed by atoms with Crippen LogP contribution in [0.25, 0.3) is 6.08 Å². The predicted octanol–water partition coefficient (Wildman–Crippen LogP) is 4.06.